The normalized spacial score (nSPS) is 10.7. The van der Waals surface area contributed by atoms with Gasteiger partial charge in [-0.15, -0.1) is 10.2 Å². The first-order valence-electron chi connectivity index (χ1n) is 9.16. The van der Waals surface area contributed by atoms with Crippen LogP contribution in [0.4, 0.5) is 10.1 Å². The van der Waals surface area contributed by atoms with Gasteiger partial charge in [0.1, 0.15) is 10.8 Å². The van der Waals surface area contributed by atoms with Crippen molar-refractivity contribution >= 4 is 22.9 Å². The van der Waals surface area contributed by atoms with Gasteiger partial charge in [-0.05, 0) is 42.5 Å². The van der Waals surface area contributed by atoms with Gasteiger partial charge in [0.25, 0.3) is 5.91 Å². The van der Waals surface area contributed by atoms with E-state index in [1.165, 1.54) is 43.1 Å². The number of carbonyl (C=O) groups excluding carboxylic acids is 1. The minimum Gasteiger partial charge on any atom is -0.493 e. The van der Waals surface area contributed by atoms with Crippen LogP contribution in [-0.2, 0) is 6.54 Å². The Bertz CT molecular complexity index is 1310. The molecule has 2 heterocycles. The van der Waals surface area contributed by atoms with E-state index in [-0.39, 0.29) is 17.4 Å². The molecule has 0 atom stereocenters. The first-order chi connectivity index (χ1) is 15.5. The third kappa shape index (κ3) is 4.34. The summed E-state index contributed by atoms with van der Waals surface area (Å²) in [5.41, 5.74) is 0.978. The molecule has 12 heteroatoms. The standard InChI is InChI=1S/C20H16FN5O5S/c1-29-14-8-3-11(9-15(14)30-2)17-25-31-20(28)26(17)10-16-23-24-19(32-16)18(27)22-13-6-4-12(21)5-7-13/h3-9H,10H2,1-2H3,(H,22,27). The molecule has 2 aromatic carbocycles. The zero-order valence-corrected chi connectivity index (χ0v) is 17.7. The summed E-state index contributed by atoms with van der Waals surface area (Å²) in [6, 6.07) is 10.4. The largest absolute Gasteiger partial charge is 0.493 e. The maximum Gasteiger partial charge on any atom is 0.442 e. The number of benzene rings is 2. The molecule has 164 valence electrons. The first kappa shape index (κ1) is 21.2. The van der Waals surface area contributed by atoms with E-state index in [4.69, 9.17) is 14.0 Å². The van der Waals surface area contributed by atoms with Crippen LogP contribution in [0.25, 0.3) is 11.4 Å². The van der Waals surface area contributed by atoms with Crippen LogP contribution in [0.3, 0.4) is 0 Å². The van der Waals surface area contributed by atoms with Crippen molar-refractivity contribution in [3.8, 4) is 22.9 Å². The lowest BCUT2D eigenvalue weighted by Crippen LogP contribution is -2.16. The molecule has 4 rings (SSSR count). The monoisotopic (exact) mass is 457 g/mol. The number of halogens is 1. The molecular weight excluding hydrogens is 441 g/mol. The average molecular weight is 457 g/mol. The van der Waals surface area contributed by atoms with Crippen molar-refractivity contribution in [1.29, 1.82) is 0 Å². The highest BCUT2D eigenvalue weighted by molar-refractivity contribution is 7.13. The smallest absolute Gasteiger partial charge is 0.442 e. The van der Waals surface area contributed by atoms with Gasteiger partial charge in [0.15, 0.2) is 17.3 Å². The van der Waals surface area contributed by atoms with E-state index in [2.05, 4.69) is 20.7 Å². The van der Waals surface area contributed by atoms with Gasteiger partial charge in [-0.3, -0.25) is 9.32 Å². The molecule has 1 amide bonds. The predicted octanol–water partition coefficient (Wildman–Crippen LogP) is 2.81. The van der Waals surface area contributed by atoms with Gasteiger partial charge in [0.2, 0.25) is 5.01 Å². The lowest BCUT2D eigenvalue weighted by molar-refractivity contribution is 0.102. The second-order valence-electron chi connectivity index (χ2n) is 6.39. The van der Waals surface area contributed by atoms with Crippen LogP contribution < -0.4 is 20.5 Å². The Hall–Kier alpha value is -4.06. The molecule has 0 fully saturated rings. The van der Waals surface area contributed by atoms with Gasteiger partial charge in [-0.1, -0.05) is 16.5 Å². The summed E-state index contributed by atoms with van der Waals surface area (Å²) in [7, 11) is 3.01. The number of carbonyl (C=O) groups is 1. The molecule has 32 heavy (non-hydrogen) atoms. The van der Waals surface area contributed by atoms with Crippen LogP contribution >= 0.6 is 11.3 Å². The van der Waals surface area contributed by atoms with Crippen LogP contribution in [0, 0.1) is 5.82 Å². The van der Waals surface area contributed by atoms with Gasteiger partial charge in [-0.25, -0.2) is 13.8 Å². The molecule has 4 aromatic rings. The Morgan fingerprint density at radius 1 is 1.12 bits per heavy atom. The highest BCUT2D eigenvalue weighted by Gasteiger charge is 2.19. The fourth-order valence-corrected chi connectivity index (χ4v) is 3.58. The third-order valence-electron chi connectivity index (χ3n) is 4.38. The number of anilines is 1. The van der Waals surface area contributed by atoms with Crippen molar-refractivity contribution in [2.45, 2.75) is 6.54 Å². The predicted molar refractivity (Wildman–Crippen MR) is 113 cm³/mol. The maximum atomic E-state index is 13.0. The molecule has 0 bridgehead atoms. The fourth-order valence-electron chi connectivity index (χ4n) is 2.85. The van der Waals surface area contributed by atoms with E-state index in [0.29, 0.717) is 27.8 Å². The van der Waals surface area contributed by atoms with Gasteiger partial charge < -0.3 is 14.8 Å². The van der Waals surface area contributed by atoms with Crippen LogP contribution in [0.5, 0.6) is 11.5 Å². The number of amides is 1. The Labute approximate surface area is 184 Å². The van der Waals surface area contributed by atoms with Crippen molar-refractivity contribution in [2.75, 3.05) is 19.5 Å². The van der Waals surface area contributed by atoms with Crippen molar-refractivity contribution < 1.29 is 23.2 Å². The number of ether oxygens (including phenoxy) is 2. The lowest BCUT2D eigenvalue weighted by atomic mass is 10.2. The van der Waals surface area contributed by atoms with E-state index in [0.717, 1.165) is 11.3 Å². The minimum absolute atomic E-state index is 0.00644. The summed E-state index contributed by atoms with van der Waals surface area (Å²) in [6.45, 7) is -0.00644. The van der Waals surface area contributed by atoms with Crippen LogP contribution in [-0.4, -0.2) is 40.0 Å². The number of nitrogens with one attached hydrogen (secondary N) is 1. The minimum atomic E-state index is -0.692. The number of hydrogen-bond donors (Lipinski definition) is 1. The quantitative estimate of drug-likeness (QED) is 0.450. The molecule has 0 unspecified atom stereocenters. The van der Waals surface area contributed by atoms with E-state index < -0.39 is 17.5 Å². The topological polar surface area (TPSA) is 121 Å². The molecule has 10 nitrogen and oxygen atoms in total. The Morgan fingerprint density at radius 2 is 1.88 bits per heavy atom. The molecule has 0 spiro atoms. The Morgan fingerprint density at radius 3 is 2.59 bits per heavy atom. The summed E-state index contributed by atoms with van der Waals surface area (Å²) in [5, 5.41) is 14.8. The molecule has 1 N–H and O–H groups in total. The molecule has 0 aliphatic carbocycles. The van der Waals surface area contributed by atoms with Gasteiger partial charge in [0.05, 0.1) is 20.8 Å². The van der Waals surface area contributed by atoms with Gasteiger partial charge >= 0.3 is 5.76 Å². The highest BCUT2D eigenvalue weighted by atomic mass is 32.1. The van der Waals surface area contributed by atoms with E-state index >= 15 is 0 Å². The van der Waals surface area contributed by atoms with Crippen LogP contribution in [0.2, 0.25) is 0 Å². The molecule has 0 saturated carbocycles. The number of hydrogen-bond acceptors (Lipinski definition) is 9. The maximum absolute atomic E-state index is 13.0. The SMILES string of the molecule is COc1ccc(-c2noc(=O)n2Cc2nnc(C(=O)Nc3ccc(F)cc3)s2)cc1OC. The zero-order chi connectivity index (χ0) is 22.7. The van der Waals surface area contributed by atoms with Crippen molar-refractivity contribution in [3.05, 3.63) is 68.8 Å². The van der Waals surface area contributed by atoms with E-state index in [1.54, 1.807) is 18.2 Å². The summed E-state index contributed by atoms with van der Waals surface area (Å²) >= 11 is 1.01. The summed E-state index contributed by atoms with van der Waals surface area (Å²) in [5.74, 6) is -0.369. The van der Waals surface area contributed by atoms with Crippen LogP contribution in [0.15, 0.2) is 51.8 Å². The number of aromatic nitrogens is 4. The third-order valence-corrected chi connectivity index (χ3v) is 5.29. The zero-order valence-electron chi connectivity index (χ0n) is 16.9. The van der Waals surface area contributed by atoms with Gasteiger partial charge in [0, 0.05) is 11.3 Å². The molecule has 0 saturated heterocycles. The van der Waals surface area contributed by atoms with Crippen LogP contribution in [0.1, 0.15) is 14.8 Å². The lowest BCUT2D eigenvalue weighted by Gasteiger charge is -2.09. The molecule has 0 radical (unpaired) electrons. The Kier molecular flexibility index (Phi) is 5.94. The molecule has 2 aromatic heterocycles. The Balaban J connectivity index is 1.55. The van der Waals surface area contributed by atoms with E-state index in [1.807, 2.05) is 0 Å². The second kappa shape index (κ2) is 8.98. The second-order valence-corrected chi connectivity index (χ2v) is 7.45. The number of methoxy groups -OCH3 is 2. The van der Waals surface area contributed by atoms with Crippen molar-refractivity contribution in [1.82, 2.24) is 19.9 Å². The van der Waals surface area contributed by atoms with Crippen molar-refractivity contribution in [2.24, 2.45) is 0 Å². The summed E-state index contributed by atoms with van der Waals surface area (Å²) in [6.07, 6.45) is 0. The van der Waals surface area contributed by atoms with E-state index in [9.17, 15) is 14.0 Å². The summed E-state index contributed by atoms with van der Waals surface area (Å²) < 4.78 is 29.6. The average Bonchev–Trinajstić information content (AvgIpc) is 3.42. The molecular formula is C20H16FN5O5S. The number of rotatable bonds is 7. The molecule has 0 aliphatic rings. The summed E-state index contributed by atoms with van der Waals surface area (Å²) in [4.78, 5) is 24.6. The van der Waals surface area contributed by atoms with Crippen molar-refractivity contribution in [3.63, 3.8) is 0 Å². The van der Waals surface area contributed by atoms with Gasteiger partial charge in [-0.2, -0.15) is 0 Å². The number of nitrogens with zero attached hydrogens (tertiary/aromatic N) is 4. The first-order valence-corrected chi connectivity index (χ1v) is 9.98. The highest BCUT2D eigenvalue weighted by Crippen LogP contribution is 2.31. The fraction of sp³-hybridized carbons (Fsp3) is 0.150. The molecule has 0 aliphatic heterocycles.